The van der Waals surface area contributed by atoms with Gasteiger partial charge in [0.15, 0.2) is 5.82 Å². The van der Waals surface area contributed by atoms with Crippen molar-refractivity contribution in [3.05, 3.63) is 46.6 Å². The molecule has 0 aliphatic carbocycles. The molecule has 0 amide bonds. The minimum absolute atomic E-state index is 0.256. The first-order valence-electron chi connectivity index (χ1n) is 4.40. The SMILES string of the molecule is ClCc1noc(Cc2ccccc2Cl)n1. The molecule has 0 aliphatic heterocycles. The molecule has 0 unspecified atom stereocenters. The smallest absolute Gasteiger partial charge is 0.231 e. The van der Waals surface area contributed by atoms with Crippen molar-refractivity contribution in [2.75, 3.05) is 0 Å². The number of hydrogen-bond donors (Lipinski definition) is 0. The molecule has 3 nitrogen and oxygen atoms in total. The second-order valence-corrected chi connectivity index (χ2v) is 3.68. The highest BCUT2D eigenvalue weighted by molar-refractivity contribution is 6.31. The van der Waals surface area contributed by atoms with E-state index < -0.39 is 0 Å². The molecule has 15 heavy (non-hydrogen) atoms. The van der Waals surface area contributed by atoms with Crippen molar-refractivity contribution in [2.45, 2.75) is 12.3 Å². The third-order valence-electron chi connectivity index (χ3n) is 1.93. The van der Waals surface area contributed by atoms with E-state index in [4.69, 9.17) is 27.7 Å². The Morgan fingerprint density at radius 3 is 2.73 bits per heavy atom. The lowest BCUT2D eigenvalue weighted by Crippen LogP contribution is -1.89. The van der Waals surface area contributed by atoms with E-state index in [9.17, 15) is 0 Å². The van der Waals surface area contributed by atoms with E-state index in [1.807, 2.05) is 24.3 Å². The van der Waals surface area contributed by atoms with Gasteiger partial charge in [-0.15, -0.1) is 11.6 Å². The third kappa shape index (κ3) is 2.49. The van der Waals surface area contributed by atoms with Gasteiger partial charge in [0.1, 0.15) is 0 Å². The highest BCUT2D eigenvalue weighted by atomic mass is 35.5. The second kappa shape index (κ2) is 4.64. The molecule has 0 fully saturated rings. The van der Waals surface area contributed by atoms with Gasteiger partial charge in [-0.05, 0) is 11.6 Å². The number of alkyl halides is 1. The Morgan fingerprint density at radius 2 is 2.07 bits per heavy atom. The van der Waals surface area contributed by atoms with E-state index in [0.29, 0.717) is 23.2 Å². The lowest BCUT2D eigenvalue weighted by atomic mass is 10.1. The largest absolute Gasteiger partial charge is 0.339 e. The molecule has 78 valence electrons. The Hall–Kier alpha value is -1.06. The lowest BCUT2D eigenvalue weighted by Gasteiger charge is -1.98. The summed E-state index contributed by atoms with van der Waals surface area (Å²) in [4.78, 5) is 4.10. The van der Waals surface area contributed by atoms with E-state index in [-0.39, 0.29) is 5.88 Å². The standard InChI is InChI=1S/C10H8Cl2N2O/c11-6-9-13-10(15-14-9)5-7-3-1-2-4-8(7)12/h1-4H,5-6H2. The summed E-state index contributed by atoms with van der Waals surface area (Å²) in [6.07, 6.45) is 0.531. The van der Waals surface area contributed by atoms with Crippen LogP contribution in [0.3, 0.4) is 0 Å². The Labute approximate surface area is 97.0 Å². The van der Waals surface area contributed by atoms with Gasteiger partial charge in [-0.25, -0.2) is 0 Å². The Balaban J connectivity index is 2.18. The molecule has 1 heterocycles. The van der Waals surface area contributed by atoms with Gasteiger partial charge < -0.3 is 4.52 Å². The maximum atomic E-state index is 6.00. The lowest BCUT2D eigenvalue weighted by molar-refractivity contribution is 0.381. The van der Waals surface area contributed by atoms with Crippen LogP contribution in [0.2, 0.25) is 5.02 Å². The number of halogens is 2. The molecule has 0 saturated heterocycles. The highest BCUT2D eigenvalue weighted by Gasteiger charge is 2.07. The average molecular weight is 243 g/mol. The van der Waals surface area contributed by atoms with Gasteiger partial charge in [0.25, 0.3) is 0 Å². The molecule has 0 spiro atoms. The van der Waals surface area contributed by atoms with Gasteiger partial charge in [-0.1, -0.05) is 35.0 Å². The van der Waals surface area contributed by atoms with Crippen LogP contribution in [0.5, 0.6) is 0 Å². The summed E-state index contributed by atoms with van der Waals surface area (Å²) in [5, 5.41) is 4.40. The van der Waals surface area contributed by atoms with Crippen molar-refractivity contribution in [1.29, 1.82) is 0 Å². The molecule has 0 aliphatic rings. The van der Waals surface area contributed by atoms with Crippen LogP contribution in [0.15, 0.2) is 28.8 Å². The van der Waals surface area contributed by atoms with Crippen molar-refractivity contribution < 1.29 is 4.52 Å². The molecular weight excluding hydrogens is 235 g/mol. The molecule has 0 saturated carbocycles. The second-order valence-electron chi connectivity index (χ2n) is 3.01. The fourth-order valence-electron chi connectivity index (χ4n) is 1.22. The average Bonchev–Trinajstić information content (AvgIpc) is 2.69. The summed E-state index contributed by atoms with van der Waals surface area (Å²) < 4.78 is 5.01. The van der Waals surface area contributed by atoms with E-state index in [1.54, 1.807) is 0 Å². The predicted octanol–water partition coefficient (Wildman–Crippen LogP) is 3.05. The minimum Gasteiger partial charge on any atom is -0.339 e. The number of hydrogen-bond acceptors (Lipinski definition) is 3. The fraction of sp³-hybridized carbons (Fsp3) is 0.200. The molecule has 1 aromatic carbocycles. The van der Waals surface area contributed by atoms with E-state index >= 15 is 0 Å². The monoisotopic (exact) mass is 242 g/mol. The van der Waals surface area contributed by atoms with Gasteiger partial charge in [-0.2, -0.15) is 4.98 Å². The molecule has 0 bridgehead atoms. The summed E-state index contributed by atoms with van der Waals surface area (Å²) in [6.45, 7) is 0. The molecule has 1 aromatic heterocycles. The van der Waals surface area contributed by atoms with Crippen molar-refractivity contribution in [2.24, 2.45) is 0 Å². The third-order valence-corrected chi connectivity index (χ3v) is 2.54. The topological polar surface area (TPSA) is 38.9 Å². The maximum absolute atomic E-state index is 6.00. The first kappa shape index (κ1) is 10.5. The van der Waals surface area contributed by atoms with E-state index in [2.05, 4.69) is 10.1 Å². The molecule has 0 atom stereocenters. The van der Waals surface area contributed by atoms with Gasteiger partial charge in [0, 0.05) is 5.02 Å². The molecular formula is C10H8Cl2N2O. The first-order valence-corrected chi connectivity index (χ1v) is 5.31. The van der Waals surface area contributed by atoms with Gasteiger partial charge in [0.05, 0.1) is 12.3 Å². The van der Waals surface area contributed by atoms with Crippen LogP contribution in [0.25, 0.3) is 0 Å². The number of rotatable bonds is 3. The quantitative estimate of drug-likeness (QED) is 0.777. The predicted molar refractivity (Wildman–Crippen MR) is 58.1 cm³/mol. The molecule has 0 N–H and O–H groups in total. The Morgan fingerprint density at radius 1 is 1.27 bits per heavy atom. The van der Waals surface area contributed by atoms with E-state index in [0.717, 1.165) is 5.56 Å². The van der Waals surface area contributed by atoms with Crippen molar-refractivity contribution >= 4 is 23.2 Å². The van der Waals surface area contributed by atoms with Crippen LogP contribution in [0.1, 0.15) is 17.3 Å². The van der Waals surface area contributed by atoms with E-state index in [1.165, 1.54) is 0 Å². The minimum atomic E-state index is 0.256. The normalized spacial score (nSPS) is 10.5. The number of aromatic nitrogens is 2. The van der Waals surface area contributed by atoms with Crippen LogP contribution >= 0.6 is 23.2 Å². The number of benzene rings is 1. The van der Waals surface area contributed by atoms with Crippen LogP contribution in [0.4, 0.5) is 0 Å². The summed E-state index contributed by atoms with van der Waals surface area (Å²) in [7, 11) is 0. The first-order chi connectivity index (χ1) is 7.29. The molecule has 5 heteroatoms. The Bertz CT molecular complexity index is 456. The van der Waals surface area contributed by atoms with Crippen molar-refractivity contribution in [3.8, 4) is 0 Å². The summed E-state index contributed by atoms with van der Waals surface area (Å²) in [6, 6.07) is 7.55. The zero-order valence-electron chi connectivity index (χ0n) is 7.78. The molecule has 2 rings (SSSR count). The van der Waals surface area contributed by atoms with Crippen LogP contribution in [-0.4, -0.2) is 10.1 Å². The zero-order valence-corrected chi connectivity index (χ0v) is 9.29. The number of nitrogens with zero attached hydrogens (tertiary/aromatic N) is 2. The van der Waals surface area contributed by atoms with Crippen molar-refractivity contribution in [1.82, 2.24) is 10.1 Å². The summed E-state index contributed by atoms with van der Waals surface area (Å²) in [5.41, 5.74) is 0.962. The van der Waals surface area contributed by atoms with Gasteiger partial charge >= 0.3 is 0 Å². The van der Waals surface area contributed by atoms with Crippen molar-refractivity contribution in [3.63, 3.8) is 0 Å². The fourth-order valence-corrected chi connectivity index (χ4v) is 1.53. The maximum Gasteiger partial charge on any atom is 0.231 e. The zero-order chi connectivity index (χ0) is 10.7. The van der Waals surface area contributed by atoms with Crippen LogP contribution < -0.4 is 0 Å². The van der Waals surface area contributed by atoms with Crippen LogP contribution in [-0.2, 0) is 12.3 Å². The Kier molecular flexibility index (Phi) is 3.23. The summed E-state index contributed by atoms with van der Waals surface area (Å²) in [5.74, 6) is 1.28. The van der Waals surface area contributed by atoms with Crippen LogP contribution in [0, 0.1) is 0 Å². The molecule has 0 radical (unpaired) electrons. The summed E-state index contributed by atoms with van der Waals surface area (Å²) >= 11 is 11.6. The highest BCUT2D eigenvalue weighted by Crippen LogP contribution is 2.18. The van der Waals surface area contributed by atoms with Gasteiger partial charge in [0.2, 0.25) is 5.89 Å². The molecule has 2 aromatic rings. The van der Waals surface area contributed by atoms with Gasteiger partial charge in [-0.3, -0.25) is 0 Å².